The first-order valence-corrected chi connectivity index (χ1v) is 11.6. The Morgan fingerprint density at radius 2 is 1.80 bits per heavy atom. The highest BCUT2D eigenvalue weighted by atomic mass is 32.1. The molecule has 0 amide bonds. The van der Waals surface area contributed by atoms with Crippen LogP contribution in [0.5, 0.6) is 0 Å². The quantitative estimate of drug-likeness (QED) is 0.327. The smallest absolute Gasteiger partial charge is 0.263 e. The Balaban J connectivity index is 1.42. The molecule has 0 atom stereocenters. The fourth-order valence-electron chi connectivity index (χ4n) is 3.84. The van der Waals surface area contributed by atoms with Gasteiger partial charge in [0.1, 0.15) is 23.0 Å². The average Bonchev–Trinajstić information content (AvgIpc) is 3.56. The minimum absolute atomic E-state index is 0.0133. The second kappa shape index (κ2) is 8.69. The predicted molar refractivity (Wildman–Crippen MR) is 131 cm³/mol. The third-order valence-electron chi connectivity index (χ3n) is 5.48. The fraction of sp³-hybridized carbons (Fsp3) is 0.0385. The Hall–Kier alpha value is -4.50. The first-order valence-electron chi connectivity index (χ1n) is 10.7. The van der Waals surface area contributed by atoms with Gasteiger partial charge in [-0.15, -0.1) is 21.5 Å². The predicted octanol–water partition coefficient (Wildman–Crippen LogP) is 5.42. The van der Waals surface area contributed by atoms with Gasteiger partial charge in [0.05, 0.1) is 11.3 Å². The van der Waals surface area contributed by atoms with Crippen LogP contribution in [0, 0.1) is 5.82 Å². The van der Waals surface area contributed by atoms with E-state index in [9.17, 15) is 9.18 Å². The molecule has 6 aromatic rings. The van der Waals surface area contributed by atoms with E-state index >= 15 is 0 Å². The van der Waals surface area contributed by atoms with Gasteiger partial charge < -0.3 is 4.42 Å². The molecule has 0 saturated heterocycles. The lowest BCUT2D eigenvalue weighted by atomic mass is 10.2. The average molecular weight is 482 g/mol. The van der Waals surface area contributed by atoms with Gasteiger partial charge in [-0.3, -0.25) is 9.36 Å². The van der Waals surface area contributed by atoms with Crippen molar-refractivity contribution in [1.29, 1.82) is 0 Å². The zero-order chi connectivity index (χ0) is 23.8. The van der Waals surface area contributed by atoms with Crippen molar-refractivity contribution in [3.63, 3.8) is 0 Å². The van der Waals surface area contributed by atoms with Crippen LogP contribution in [0.4, 0.5) is 4.39 Å². The minimum atomic E-state index is -0.403. The van der Waals surface area contributed by atoms with Gasteiger partial charge in [-0.05, 0) is 36.4 Å². The first kappa shape index (κ1) is 21.1. The molecule has 0 saturated carbocycles. The van der Waals surface area contributed by atoms with E-state index in [0.29, 0.717) is 21.8 Å². The molecule has 0 N–H and O–H groups in total. The molecule has 4 aromatic heterocycles. The third-order valence-corrected chi connectivity index (χ3v) is 6.36. The minimum Gasteiger partial charge on any atom is -0.419 e. The van der Waals surface area contributed by atoms with Crippen LogP contribution in [0.25, 0.3) is 44.3 Å². The van der Waals surface area contributed by atoms with Crippen molar-refractivity contribution in [3.8, 4) is 33.3 Å². The van der Waals surface area contributed by atoms with Crippen LogP contribution in [0.15, 0.2) is 93.6 Å². The molecular weight excluding hydrogens is 465 g/mol. The Labute approximate surface area is 202 Å². The monoisotopic (exact) mass is 481 g/mol. The maximum absolute atomic E-state index is 13.6. The van der Waals surface area contributed by atoms with E-state index in [-0.39, 0.29) is 23.9 Å². The van der Waals surface area contributed by atoms with Crippen molar-refractivity contribution in [2.45, 2.75) is 6.54 Å². The van der Waals surface area contributed by atoms with E-state index in [2.05, 4.69) is 15.2 Å². The van der Waals surface area contributed by atoms with E-state index in [0.717, 1.165) is 16.6 Å². The standard InChI is InChI=1S/C26H16FN5O2S/c27-19-10-4-8-18(12-19)24-31-30-22(34-24)14-32-23-17(9-5-11-28-23)13-20(26(32)33)25-29-21(15-35-25)16-6-2-1-3-7-16/h1-13,15H,14H2. The van der Waals surface area contributed by atoms with Gasteiger partial charge in [0.15, 0.2) is 0 Å². The van der Waals surface area contributed by atoms with Crippen LogP contribution >= 0.6 is 11.3 Å². The Morgan fingerprint density at radius 1 is 0.943 bits per heavy atom. The van der Waals surface area contributed by atoms with E-state index in [4.69, 9.17) is 9.40 Å². The number of thiazole rings is 1. The van der Waals surface area contributed by atoms with Crippen LogP contribution in [0.2, 0.25) is 0 Å². The summed E-state index contributed by atoms with van der Waals surface area (Å²) in [6.45, 7) is 0.0133. The van der Waals surface area contributed by atoms with Gasteiger partial charge in [-0.2, -0.15) is 0 Å². The molecule has 0 bridgehead atoms. The molecule has 0 aliphatic heterocycles. The molecule has 4 heterocycles. The highest BCUT2D eigenvalue weighted by Gasteiger charge is 2.18. The number of nitrogens with zero attached hydrogens (tertiary/aromatic N) is 5. The SMILES string of the molecule is O=c1c(-c2nc(-c3ccccc3)cs2)cc2cccnc2n1Cc1nnc(-c2cccc(F)c2)o1. The molecule has 0 spiro atoms. The number of hydrogen-bond donors (Lipinski definition) is 0. The Bertz CT molecular complexity index is 1730. The molecule has 0 unspecified atom stereocenters. The van der Waals surface area contributed by atoms with Crippen LogP contribution in [-0.2, 0) is 6.54 Å². The van der Waals surface area contributed by atoms with Gasteiger partial charge >= 0.3 is 0 Å². The van der Waals surface area contributed by atoms with E-state index in [1.165, 1.54) is 28.0 Å². The van der Waals surface area contributed by atoms with Gasteiger partial charge in [0, 0.05) is 28.1 Å². The van der Waals surface area contributed by atoms with Crippen LogP contribution in [0.3, 0.4) is 0 Å². The first-order chi connectivity index (χ1) is 17.2. The highest BCUT2D eigenvalue weighted by Crippen LogP contribution is 2.29. The normalized spacial score (nSPS) is 11.2. The topological polar surface area (TPSA) is 86.7 Å². The van der Waals surface area contributed by atoms with E-state index < -0.39 is 5.82 Å². The molecule has 2 aromatic carbocycles. The number of benzene rings is 2. The van der Waals surface area contributed by atoms with Crippen LogP contribution in [0.1, 0.15) is 5.89 Å². The molecular formula is C26H16FN5O2S. The summed E-state index contributed by atoms with van der Waals surface area (Å²) in [5.74, 6) is -0.0207. The summed E-state index contributed by atoms with van der Waals surface area (Å²) in [5.41, 5.74) is 2.93. The molecule has 7 nitrogen and oxygen atoms in total. The largest absolute Gasteiger partial charge is 0.419 e. The number of halogens is 1. The lowest BCUT2D eigenvalue weighted by Gasteiger charge is -2.09. The van der Waals surface area contributed by atoms with Crippen molar-refractivity contribution in [3.05, 3.63) is 106 Å². The second-order valence-corrected chi connectivity index (χ2v) is 8.64. The van der Waals surface area contributed by atoms with Crippen molar-refractivity contribution < 1.29 is 8.81 Å². The summed E-state index contributed by atoms with van der Waals surface area (Å²) in [6.07, 6.45) is 1.63. The van der Waals surface area contributed by atoms with E-state index in [1.807, 2.05) is 47.8 Å². The molecule has 6 rings (SSSR count). The van der Waals surface area contributed by atoms with Crippen molar-refractivity contribution >= 4 is 22.4 Å². The number of rotatable bonds is 5. The van der Waals surface area contributed by atoms with Crippen molar-refractivity contribution in [1.82, 2.24) is 24.7 Å². The lowest BCUT2D eigenvalue weighted by Crippen LogP contribution is -2.23. The molecule has 9 heteroatoms. The number of hydrogen-bond acceptors (Lipinski definition) is 7. The summed E-state index contributed by atoms with van der Waals surface area (Å²) in [7, 11) is 0. The Morgan fingerprint density at radius 3 is 2.66 bits per heavy atom. The molecule has 170 valence electrons. The highest BCUT2D eigenvalue weighted by molar-refractivity contribution is 7.13. The summed E-state index contributed by atoms with van der Waals surface area (Å²) >= 11 is 1.41. The van der Waals surface area contributed by atoms with E-state index in [1.54, 1.807) is 24.4 Å². The molecule has 0 aliphatic rings. The zero-order valence-electron chi connectivity index (χ0n) is 18.1. The summed E-state index contributed by atoms with van der Waals surface area (Å²) < 4.78 is 20.8. The fourth-order valence-corrected chi connectivity index (χ4v) is 4.67. The van der Waals surface area contributed by atoms with Gasteiger partial charge in [-0.25, -0.2) is 14.4 Å². The lowest BCUT2D eigenvalue weighted by molar-refractivity contribution is 0.487. The number of aromatic nitrogens is 5. The molecule has 35 heavy (non-hydrogen) atoms. The van der Waals surface area contributed by atoms with Crippen LogP contribution < -0.4 is 5.56 Å². The summed E-state index contributed by atoms with van der Waals surface area (Å²) in [6, 6.07) is 21.2. The maximum atomic E-state index is 13.6. The van der Waals surface area contributed by atoms with Crippen LogP contribution in [-0.4, -0.2) is 24.7 Å². The Kier molecular flexibility index (Phi) is 5.23. The molecule has 0 radical (unpaired) electrons. The zero-order valence-corrected chi connectivity index (χ0v) is 18.9. The summed E-state index contributed by atoms with van der Waals surface area (Å²) in [5, 5.41) is 11.4. The maximum Gasteiger partial charge on any atom is 0.263 e. The second-order valence-electron chi connectivity index (χ2n) is 7.78. The van der Waals surface area contributed by atoms with Gasteiger partial charge in [-0.1, -0.05) is 36.4 Å². The summed E-state index contributed by atoms with van der Waals surface area (Å²) in [4.78, 5) is 22.7. The van der Waals surface area contributed by atoms with Crippen molar-refractivity contribution in [2.24, 2.45) is 0 Å². The van der Waals surface area contributed by atoms with Gasteiger partial charge in [0.2, 0.25) is 11.8 Å². The molecule has 0 aliphatic carbocycles. The molecule has 0 fully saturated rings. The number of pyridine rings is 2. The third kappa shape index (κ3) is 4.02. The van der Waals surface area contributed by atoms with Gasteiger partial charge in [0.25, 0.3) is 5.56 Å². The number of fused-ring (bicyclic) bond motifs is 1. The van der Waals surface area contributed by atoms with Crippen molar-refractivity contribution in [2.75, 3.05) is 0 Å².